The summed E-state index contributed by atoms with van der Waals surface area (Å²) in [5.41, 5.74) is 3.56. The molecule has 2 N–H and O–H groups in total. The van der Waals surface area contributed by atoms with E-state index in [4.69, 9.17) is 9.84 Å². The molecule has 1 aromatic carbocycles. The minimum atomic E-state index is -0.686. The van der Waals surface area contributed by atoms with Gasteiger partial charge in [0, 0.05) is 13.1 Å². The molecule has 1 atom stereocenters. The third-order valence-electron chi connectivity index (χ3n) is 3.24. The van der Waals surface area contributed by atoms with Crippen molar-refractivity contribution in [3.05, 3.63) is 28.8 Å². The van der Waals surface area contributed by atoms with Gasteiger partial charge in [-0.25, -0.2) is 0 Å². The smallest absolute Gasteiger partial charge is 0.122 e. The summed E-state index contributed by atoms with van der Waals surface area (Å²) in [6, 6.07) is 4.01. The van der Waals surface area contributed by atoms with Crippen LogP contribution in [0.5, 0.6) is 5.75 Å². The summed E-state index contributed by atoms with van der Waals surface area (Å²) >= 11 is 0. The molecule has 0 spiro atoms. The van der Waals surface area contributed by atoms with Crippen molar-refractivity contribution in [2.75, 3.05) is 27.3 Å². The Hall–Kier alpha value is -1.10. The third kappa shape index (κ3) is 3.70. The van der Waals surface area contributed by atoms with Gasteiger partial charge in [0.1, 0.15) is 5.75 Å². The van der Waals surface area contributed by atoms with Crippen LogP contribution < -0.4 is 4.74 Å². The summed E-state index contributed by atoms with van der Waals surface area (Å²) in [5, 5.41) is 18.2. The van der Waals surface area contributed by atoms with E-state index in [0.29, 0.717) is 6.54 Å². The molecule has 0 aliphatic carbocycles. The number of methoxy groups -OCH3 is 1. The normalized spacial score (nSPS) is 12.8. The predicted octanol–water partition coefficient (Wildman–Crippen LogP) is 1.10. The van der Waals surface area contributed by atoms with Crippen LogP contribution in [0, 0.1) is 13.8 Å². The number of ether oxygens (including phenoxy) is 1. The van der Waals surface area contributed by atoms with Crippen LogP contribution in [-0.2, 0) is 6.54 Å². The van der Waals surface area contributed by atoms with E-state index in [-0.39, 0.29) is 6.61 Å². The highest BCUT2D eigenvalue weighted by Gasteiger charge is 2.11. The number of nitrogens with zero attached hydrogens (tertiary/aromatic N) is 1. The number of aliphatic hydroxyl groups is 2. The molecule has 1 aromatic rings. The molecule has 102 valence electrons. The van der Waals surface area contributed by atoms with E-state index < -0.39 is 6.10 Å². The largest absolute Gasteiger partial charge is 0.496 e. The molecular weight excluding hydrogens is 230 g/mol. The highest BCUT2D eigenvalue weighted by molar-refractivity contribution is 5.43. The summed E-state index contributed by atoms with van der Waals surface area (Å²) in [4.78, 5) is 2.00. The lowest BCUT2D eigenvalue weighted by Gasteiger charge is -2.21. The first kappa shape index (κ1) is 15.0. The molecular formula is C14H23NO3. The fourth-order valence-corrected chi connectivity index (χ4v) is 2.02. The van der Waals surface area contributed by atoms with Crippen LogP contribution in [0.2, 0.25) is 0 Å². The van der Waals surface area contributed by atoms with Crippen molar-refractivity contribution in [1.82, 2.24) is 4.90 Å². The van der Waals surface area contributed by atoms with Crippen LogP contribution in [0.25, 0.3) is 0 Å². The molecule has 0 heterocycles. The number of aliphatic hydroxyl groups excluding tert-OH is 2. The summed E-state index contributed by atoms with van der Waals surface area (Å²) < 4.78 is 5.28. The van der Waals surface area contributed by atoms with Crippen LogP contribution in [0.4, 0.5) is 0 Å². The van der Waals surface area contributed by atoms with Crippen LogP contribution in [0.1, 0.15) is 16.7 Å². The lowest BCUT2D eigenvalue weighted by atomic mass is 10.0. The van der Waals surface area contributed by atoms with Crippen LogP contribution in [0.15, 0.2) is 12.1 Å². The molecule has 0 amide bonds. The lowest BCUT2D eigenvalue weighted by molar-refractivity contribution is 0.0647. The molecule has 0 saturated carbocycles. The van der Waals surface area contributed by atoms with Crippen LogP contribution in [0.3, 0.4) is 0 Å². The summed E-state index contributed by atoms with van der Waals surface area (Å²) in [7, 11) is 3.60. The maximum absolute atomic E-state index is 9.40. The molecule has 4 nitrogen and oxygen atoms in total. The standard InChI is InChI=1S/C14H23NO3/c1-10-11(2)14(18-4)6-5-12(10)7-15(3)8-13(17)9-16/h5-6,13,16-17H,7-9H2,1-4H3. The number of hydrogen-bond donors (Lipinski definition) is 2. The van der Waals surface area contributed by atoms with Gasteiger partial charge in [-0.1, -0.05) is 6.07 Å². The molecule has 4 heteroatoms. The van der Waals surface area contributed by atoms with Gasteiger partial charge in [-0.05, 0) is 43.7 Å². The number of rotatable bonds is 6. The summed E-state index contributed by atoms with van der Waals surface area (Å²) in [5.74, 6) is 0.897. The zero-order valence-corrected chi connectivity index (χ0v) is 11.6. The Morgan fingerprint density at radius 1 is 1.28 bits per heavy atom. The maximum atomic E-state index is 9.40. The van der Waals surface area contributed by atoms with Gasteiger partial charge in [0.25, 0.3) is 0 Å². The molecule has 0 aliphatic heterocycles. The number of benzene rings is 1. The lowest BCUT2D eigenvalue weighted by Crippen LogP contribution is -2.31. The van der Waals surface area contributed by atoms with Gasteiger partial charge in [-0.2, -0.15) is 0 Å². The molecule has 1 unspecified atom stereocenters. The van der Waals surface area contributed by atoms with E-state index in [0.717, 1.165) is 17.9 Å². The fourth-order valence-electron chi connectivity index (χ4n) is 2.02. The SMILES string of the molecule is COc1ccc(CN(C)CC(O)CO)c(C)c1C. The van der Waals surface area contributed by atoms with Gasteiger partial charge in [0.15, 0.2) is 0 Å². The Bertz CT molecular complexity index is 393. The van der Waals surface area contributed by atoms with Crippen molar-refractivity contribution in [2.45, 2.75) is 26.5 Å². The van der Waals surface area contributed by atoms with Crippen molar-refractivity contribution in [2.24, 2.45) is 0 Å². The zero-order chi connectivity index (χ0) is 13.7. The Kier molecular flexibility index (Phi) is 5.59. The van der Waals surface area contributed by atoms with Crippen molar-refractivity contribution < 1.29 is 14.9 Å². The van der Waals surface area contributed by atoms with Gasteiger partial charge in [0.2, 0.25) is 0 Å². The van der Waals surface area contributed by atoms with Gasteiger partial charge >= 0.3 is 0 Å². The van der Waals surface area contributed by atoms with Gasteiger partial charge < -0.3 is 14.9 Å². The Morgan fingerprint density at radius 3 is 2.50 bits per heavy atom. The average molecular weight is 253 g/mol. The molecule has 0 aliphatic rings. The van der Waals surface area contributed by atoms with E-state index in [2.05, 4.69) is 6.92 Å². The first-order chi connectivity index (χ1) is 8.49. The van der Waals surface area contributed by atoms with Crippen LogP contribution in [-0.4, -0.2) is 48.5 Å². The van der Waals surface area contributed by atoms with Crippen LogP contribution >= 0.6 is 0 Å². The van der Waals surface area contributed by atoms with E-state index in [1.54, 1.807) is 7.11 Å². The molecule has 0 bridgehead atoms. The highest BCUT2D eigenvalue weighted by Crippen LogP contribution is 2.24. The number of likely N-dealkylation sites (N-methyl/N-ethyl adjacent to an activating group) is 1. The van der Waals surface area contributed by atoms with Gasteiger partial charge in [-0.15, -0.1) is 0 Å². The van der Waals surface area contributed by atoms with Gasteiger partial charge in [-0.3, -0.25) is 4.90 Å². The second-order valence-corrected chi connectivity index (χ2v) is 4.71. The molecule has 18 heavy (non-hydrogen) atoms. The zero-order valence-electron chi connectivity index (χ0n) is 11.6. The highest BCUT2D eigenvalue weighted by atomic mass is 16.5. The second-order valence-electron chi connectivity index (χ2n) is 4.71. The van der Waals surface area contributed by atoms with E-state index in [9.17, 15) is 5.11 Å². The maximum Gasteiger partial charge on any atom is 0.122 e. The van der Waals surface area contributed by atoms with Crippen molar-refractivity contribution >= 4 is 0 Å². The molecule has 0 fully saturated rings. The molecule has 1 rings (SSSR count). The fraction of sp³-hybridized carbons (Fsp3) is 0.571. The Balaban J connectivity index is 2.76. The van der Waals surface area contributed by atoms with Gasteiger partial charge in [0.05, 0.1) is 19.8 Å². The topological polar surface area (TPSA) is 52.9 Å². The van der Waals surface area contributed by atoms with Crippen molar-refractivity contribution in [3.8, 4) is 5.75 Å². The first-order valence-corrected chi connectivity index (χ1v) is 6.10. The monoisotopic (exact) mass is 253 g/mol. The summed E-state index contributed by atoms with van der Waals surface area (Å²) in [6.45, 7) is 5.11. The molecule has 0 aromatic heterocycles. The Labute approximate surface area is 109 Å². The Morgan fingerprint density at radius 2 is 1.94 bits per heavy atom. The van der Waals surface area contributed by atoms with Crippen molar-refractivity contribution in [3.63, 3.8) is 0 Å². The van der Waals surface area contributed by atoms with Crippen molar-refractivity contribution in [1.29, 1.82) is 0 Å². The minimum Gasteiger partial charge on any atom is -0.496 e. The first-order valence-electron chi connectivity index (χ1n) is 6.10. The predicted molar refractivity (Wildman–Crippen MR) is 71.9 cm³/mol. The van der Waals surface area contributed by atoms with E-state index >= 15 is 0 Å². The quantitative estimate of drug-likeness (QED) is 0.797. The second kappa shape index (κ2) is 6.73. The van der Waals surface area contributed by atoms with E-state index in [1.807, 2.05) is 31.0 Å². The van der Waals surface area contributed by atoms with E-state index in [1.165, 1.54) is 11.1 Å². The number of hydrogen-bond acceptors (Lipinski definition) is 4. The summed E-state index contributed by atoms with van der Waals surface area (Å²) in [6.07, 6.45) is -0.686. The average Bonchev–Trinajstić information content (AvgIpc) is 2.35. The molecule has 0 radical (unpaired) electrons. The molecule has 0 saturated heterocycles. The minimum absolute atomic E-state index is 0.203. The third-order valence-corrected chi connectivity index (χ3v) is 3.24.